The van der Waals surface area contributed by atoms with E-state index in [9.17, 15) is 0 Å². The Kier molecular flexibility index (Phi) is 4.64. The van der Waals surface area contributed by atoms with E-state index in [0.29, 0.717) is 23.0 Å². The van der Waals surface area contributed by atoms with E-state index >= 15 is 0 Å². The SMILES string of the molecule is COc1cc(OC(=S)Cl)cc(OC)c1OC. The highest BCUT2D eigenvalue weighted by Gasteiger charge is 2.14. The Morgan fingerprint density at radius 3 is 1.88 bits per heavy atom. The van der Waals surface area contributed by atoms with E-state index in [4.69, 9.17) is 30.5 Å². The molecule has 0 saturated carbocycles. The van der Waals surface area contributed by atoms with E-state index in [-0.39, 0.29) is 4.51 Å². The Balaban J connectivity index is 3.20. The van der Waals surface area contributed by atoms with Crippen molar-refractivity contribution in [2.75, 3.05) is 21.3 Å². The van der Waals surface area contributed by atoms with Crippen molar-refractivity contribution in [3.63, 3.8) is 0 Å². The number of benzene rings is 1. The van der Waals surface area contributed by atoms with Gasteiger partial charge in [0.2, 0.25) is 5.75 Å². The van der Waals surface area contributed by atoms with Gasteiger partial charge in [-0.3, -0.25) is 0 Å². The van der Waals surface area contributed by atoms with Gasteiger partial charge in [-0.2, -0.15) is 0 Å². The summed E-state index contributed by atoms with van der Waals surface area (Å²) in [4.78, 5) is 0. The average Bonchev–Trinajstić information content (AvgIpc) is 2.26. The van der Waals surface area contributed by atoms with Crippen molar-refractivity contribution < 1.29 is 18.9 Å². The van der Waals surface area contributed by atoms with Gasteiger partial charge in [0.05, 0.1) is 21.3 Å². The summed E-state index contributed by atoms with van der Waals surface area (Å²) in [7, 11) is 4.55. The highest BCUT2D eigenvalue weighted by atomic mass is 35.5. The van der Waals surface area contributed by atoms with Crippen LogP contribution in [0.5, 0.6) is 23.0 Å². The van der Waals surface area contributed by atoms with E-state index in [2.05, 4.69) is 12.2 Å². The van der Waals surface area contributed by atoms with Crippen LogP contribution in [-0.4, -0.2) is 25.8 Å². The van der Waals surface area contributed by atoms with Crippen molar-refractivity contribution in [3.05, 3.63) is 12.1 Å². The molecule has 0 heterocycles. The second-order valence-electron chi connectivity index (χ2n) is 2.70. The van der Waals surface area contributed by atoms with Crippen LogP contribution in [-0.2, 0) is 0 Å². The van der Waals surface area contributed by atoms with Crippen LogP contribution in [0.25, 0.3) is 0 Å². The minimum atomic E-state index is -0.103. The van der Waals surface area contributed by atoms with Gasteiger partial charge in [-0.05, 0) is 23.8 Å². The third-order valence-corrected chi connectivity index (χ3v) is 2.00. The number of thiocarbonyl (C=S) groups is 1. The van der Waals surface area contributed by atoms with Gasteiger partial charge < -0.3 is 18.9 Å². The molecule has 1 aromatic carbocycles. The molecular weight excluding hydrogens is 252 g/mol. The molecule has 0 atom stereocenters. The van der Waals surface area contributed by atoms with Crippen molar-refractivity contribution in [1.29, 1.82) is 0 Å². The van der Waals surface area contributed by atoms with E-state index in [1.165, 1.54) is 21.3 Å². The van der Waals surface area contributed by atoms with Crippen molar-refractivity contribution in [1.82, 2.24) is 0 Å². The van der Waals surface area contributed by atoms with Gasteiger partial charge in [0, 0.05) is 12.1 Å². The average molecular weight is 263 g/mol. The number of hydrogen-bond donors (Lipinski definition) is 0. The van der Waals surface area contributed by atoms with Gasteiger partial charge in [0.15, 0.2) is 11.5 Å². The van der Waals surface area contributed by atoms with Crippen LogP contribution in [0.1, 0.15) is 0 Å². The second-order valence-corrected chi connectivity index (χ2v) is 3.64. The fourth-order valence-corrected chi connectivity index (χ4v) is 1.39. The van der Waals surface area contributed by atoms with Crippen LogP contribution in [0.2, 0.25) is 0 Å². The molecule has 4 nitrogen and oxygen atoms in total. The molecule has 0 radical (unpaired) electrons. The van der Waals surface area contributed by atoms with Crippen LogP contribution in [0.15, 0.2) is 12.1 Å². The lowest BCUT2D eigenvalue weighted by Gasteiger charge is -2.13. The molecule has 1 rings (SSSR count). The maximum absolute atomic E-state index is 5.47. The topological polar surface area (TPSA) is 36.9 Å². The number of ether oxygens (including phenoxy) is 4. The predicted octanol–water partition coefficient (Wildman–Crippen LogP) is 2.61. The lowest BCUT2D eigenvalue weighted by Crippen LogP contribution is -1.99. The van der Waals surface area contributed by atoms with Gasteiger partial charge in [-0.15, -0.1) is 0 Å². The van der Waals surface area contributed by atoms with Crippen LogP contribution >= 0.6 is 23.8 Å². The third-order valence-electron chi connectivity index (χ3n) is 1.84. The Morgan fingerprint density at radius 2 is 1.56 bits per heavy atom. The number of hydrogen-bond acceptors (Lipinski definition) is 5. The molecule has 6 heteroatoms. The number of rotatable bonds is 4. The Hall–Kier alpha value is -1.20. The molecule has 0 aliphatic heterocycles. The molecule has 1 aromatic rings. The van der Waals surface area contributed by atoms with E-state index < -0.39 is 0 Å². The smallest absolute Gasteiger partial charge is 0.260 e. The molecule has 0 aliphatic rings. The highest BCUT2D eigenvalue weighted by Crippen LogP contribution is 2.40. The summed E-state index contributed by atoms with van der Waals surface area (Å²) in [6, 6.07) is 3.21. The minimum absolute atomic E-state index is 0.103. The molecule has 0 bridgehead atoms. The molecule has 0 aromatic heterocycles. The molecule has 0 aliphatic carbocycles. The number of methoxy groups -OCH3 is 3. The fourth-order valence-electron chi connectivity index (χ4n) is 1.21. The van der Waals surface area contributed by atoms with Crippen molar-refractivity contribution in [3.8, 4) is 23.0 Å². The third kappa shape index (κ3) is 2.90. The van der Waals surface area contributed by atoms with Gasteiger partial charge in [-0.1, -0.05) is 0 Å². The summed E-state index contributed by atoms with van der Waals surface area (Å²) in [6.45, 7) is 0. The van der Waals surface area contributed by atoms with Crippen molar-refractivity contribution in [2.24, 2.45) is 0 Å². The van der Waals surface area contributed by atoms with Crippen LogP contribution in [0, 0.1) is 0 Å². The first-order chi connectivity index (χ1) is 7.62. The van der Waals surface area contributed by atoms with Gasteiger partial charge in [-0.25, -0.2) is 0 Å². The Bertz CT molecular complexity index is 369. The van der Waals surface area contributed by atoms with Crippen LogP contribution in [0.3, 0.4) is 0 Å². The first-order valence-corrected chi connectivity index (χ1v) is 5.08. The Labute approximate surface area is 104 Å². The van der Waals surface area contributed by atoms with Crippen molar-refractivity contribution in [2.45, 2.75) is 0 Å². The van der Waals surface area contributed by atoms with E-state index in [1.54, 1.807) is 12.1 Å². The maximum Gasteiger partial charge on any atom is 0.260 e. The van der Waals surface area contributed by atoms with E-state index in [0.717, 1.165) is 0 Å². The molecular formula is C10H11ClO4S. The molecule has 16 heavy (non-hydrogen) atoms. The summed E-state index contributed by atoms with van der Waals surface area (Å²) >= 11 is 10.1. The normalized spacial score (nSPS) is 9.50. The largest absolute Gasteiger partial charge is 0.493 e. The Morgan fingerprint density at radius 1 is 1.06 bits per heavy atom. The summed E-state index contributed by atoms with van der Waals surface area (Å²) in [6.07, 6.45) is 0. The fraction of sp³-hybridized carbons (Fsp3) is 0.300. The van der Waals surface area contributed by atoms with Gasteiger partial charge in [0.1, 0.15) is 5.75 Å². The quantitative estimate of drug-likeness (QED) is 0.616. The van der Waals surface area contributed by atoms with Gasteiger partial charge >= 0.3 is 0 Å². The summed E-state index contributed by atoms with van der Waals surface area (Å²) in [5, 5.41) is 0. The molecule has 88 valence electrons. The van der Waals surface area contributed by atoms with Crippen LogP contribution < -0.4 is 18.9 Å². The summed E-state index contributed by atoms with van der Waals surface area (Å²) in [5.74, 6) is 1.86. The zero-order valence-electron chi connectivity index (χ0n) is 9.07. The summed E-state index contributed by atoms with van der Waals surface area (Å²) in [5.41, 5.74) is 0. The molecule has 0 fully saturated rings. The van der Waals surface area contributed by atoms with Crippen LogP contribution in [0.4, 0.5) is 0 Å². The maximum atomic E-state index is 5.47. The first kappa shape index (κ1) is 12.9. The zero-order valence-corrected chi connectivity index (χ0v) is 10.6. The predicted molar refractivity (Wildman–Crippen MR) is 65.2 cm³/mol. The van der Waals surface area contributed by atoms with Crippen molar-refractivity contribution >= 4 is 28.3 Å². The summed E-state index contributed by atoms with van der Waals surface area (Å²) < 4.78 is 20.4. The molecule has 0 unspecified atom stereocenters. The first-order valence-electron chi connectivity index (χ1n) is 4.29. The number of halogens is 1. The monoisotopic (exact) mass is 262 g/mol. The highest BCUT2D eigenvalue weighted by molar-refractivity contribution is 7.82. The second kappa shape index (κ2) is 5.77. The lowest BCUT2D eigenvalue weighted by atomic mass is 10.2. The molecule has 0 N–H and O–H groups in total. The van der Waals surface area contributed by atoms with Gasteiger partial charge in [0.25, 0.3) is 4.51 Å². The molecule has 0 spiro atoms. The minimum Gasteiger partial charge on any atom is -0.493 e. The zero-order chi connectivity index (χ0) is 12.1. The lowest BCUT2D eigenvalue weighted by molar-refractivity contribution is 0.322. The molecule has 0 saturated heterocycles. The van der Waals surface area contributed by atoms with E-state index in [1.807, 2.05) is 0 Å². The molecule has 0 amide bonds. The standard InChI is InChI=1S/C10H11ClO4S/c1-12-7-4-6(15-10(11)16)5-8(13-2)9(7)14-3/h4-5H,1-3H3.